The number of benzene rings is 1. The van der Waals surface area contributed by atoms with E-state index in [0.29, 0.717) is 24.7 Å². The first-order valence-electron chi connectivity index (χ1n) is 8.92. The second-order valence-corrected chi connectivity index (χ2v) is 7.66. The van der Waals surface area contributed by atoms with E-state index in [-0.39, 0.29) is 17.5 Å². The first kappa shape index (κ1) is 19.0. The van der Waals surface area contributed by atoms with E-state index in [1.54, 1.807) is 6.07 Å². The highest BCUT2D eigenvalue weighted by Crippen LogP contribution is 2.25. The Morgan fingerprint density at radius 2 is 2.08 bits per heavy atom. The topological polar surface area (TPSA) is 68.0 Å². The number of aromatic nitrogens is 4. The average Bonchev–Trinajstić information content (AvgIpc) is 2.97. The molecule has 2 unspecified atom stereocenters. The predicted molar refractivity (Wildman–Crippen MR) is 102 cm³/mol. The summed E-state index contributed by atoms with van der Waals surface area (Å²) in [7, 11) is 0. The molecule has 26 heavy (non-hydrogen) atoms. The fourth-order valence-corrected chi connectivity index (χ4v) is 3.67. The summed E-state index contributed by atoms with van der Waals surface area (Å²) in [5.74, 6) is 0.127. The molecule has 1 aromatic carbocycles. The maximum atomic E-state index is 14.0. The number of hydrogen-bond acceptors (Lipinski definition) is 5. The molecule has 0 radical (unpaired) electrons. The summed E-state index contributed by atoms with van der Waals surface area (Å²) in [5, 5.41) is 11.1. The van der Waals surface area contributed by atoms with E-state index in [2.05, 4.69) is 43.5 Å². The Kier molecular flexibility index (Phi) is 6.08. The maximum absolute atomic E-state index is 14.0. The van der Waals surface area contributed by atoms with Crippen molar-refractivity contribution in [3.63, 3.8) is 0 Å². The number of piperidine rings is 1. The van der Waals surface area contributed by atoms with Gasteiger partial charge in [0.2, 0.25) is 0 Å². The van der Waals surface area contributed by atoms with Gasteiger partial charge in [0.1, 0.15) is 5.82 Å². The van der Waals surface area contributed by atoms with Gasteiger partial charge in [-0.25, -0.2) is 9.18 Å². The molecule has 1 fully saturated rings. The van der Waals surface area contributed by atoms with Crippen molar-refractivity contribution in [3.8, 4) is 0 Å². The number of tetrazole rings is 1. The summed E-state index contributed by atoms with van der Waals surface area (Å²) in [6.45, 7) is 7.65. The van der Waals surface area contributed by atoms with Gasteiger partial charge in [-0.05, 0) is 47.9 Å². The lowest BCUT2D eigenvalue weighted by Crippen LogP contribution is -2.46. The van der Waals surface area contributed by atoms with Crippen LogP contribution in [0.5, 0.6) is 0 Å². The zero-order chi connectivity index (χ0) is 18.7. The summed E-state index contributed by atoms with van der Waals surface area (Å²) in [6, 6.07) is 5.31. The van der Waals surface area contributed by atoms with E-state index in [0.717, 1.165) is 30.5 Å². The van der Waals surface area contributed by atoms with Crippen LogP contribution in [0, 0.1) is 11.7 Å². The van der Waals surface area contributed by atoms with Gasteiger partial charge in [0.25, 0.3) is 0 Å². The van der Waals surface area contributed by atoms with Crippen molar-refractivity contribution < 1.29 is 4.39 Å². The number of nitrogens with one attached hydrogen (secondary N) is 1. The molecule has 1 saturated heterocycles. The largest absolute Gasteiger partial charge is 0.380 e. The van der Waals surface area contributed by atoms with Crippen molar-refractivity contribution in [2.45, 2.75) is 39.4 Å². The van der Waals surface area contributed by atoms with Gasteiger partial charge in [0, 0.05) is 36.7 Å². The van der Waals surface area contributed by atoms with Crippen LogP contribution in [0.3, 0.4) is 0 Å². The highest BCUT2D eigenvalue weighted by atomic mass is 79.9. The Hall–Kier alpha value is -1.74. The summed E-state index contributed by atoms with van der Waals surface area (Å²) in [6.07, 6.45) is 0.924. The van der Waals surface area contributed by atoms with Crippen LogP contribution in [0.2, 0.25) is 0 Å². The molecular weight excluding hydrogens is 403 g/mol. The Morgan fingerprint density at radius 1 is 1.31 bits per heavy atom. The third-order valence-corrected chi connectivity index (χ3v) is 5.38. The third kappa shape index (κ3) is 4.32. The molecule has 2 aromatic rings. The van der Waals surface area contributed by atoms with Gasteiger partial charge in [-0.1, -0.05) is 22.9 Å². The van der Waals surface area contributed by atoms with Crippen LogP contribution < -0.4 is 11.0 Å². The molecule has 7 nitrogen and oxygen atoms in total. The van der Waals surface area contributed by atoms with Gasteiger partial charge >= 0.3 is 5.69 Å². The molecule has 1 N–H and O–H groups in total. The molecule has 1 aliphatic heterocycles. The Labute approximate surface area is 160 Å². The van der Waals surface area contributed by atoms with Crippen LogP contribution in [-0.2, 0) is 13.1 Å². The van der Waals surface area contributed by atoms with Crippen LogP contribution in [-0.4, -0.2) is 50.4 Å². The van der Waals surface area contributed by atoms with Crippen molar-refractivity contribution in [1.29, 1.82) is 0 Å². The van der Waals surface area contributed by atoms with E-state index in [4.69, 9.17) is 0 Å². The summed E-state index contributed by atoms with van der Waals surface area (Å²) < 4.78 is 17.5. The summed E-state index contributed by atoms with van der Waals surface area (Å²) in [5.41, 5.74) is 0.379. The molecule has 142 valence electrons. The molecule has 0 spiro atoms. The smallest absolute Gasteiger partial charge is 0.363 e. The molecular formula is C17H24BrFN6O. The minimum absolute atomic E-state index is 0.164. The fraction of sp³-hybridized carbons (Fsp3) is 0.588. The molecule has 0 aliphatic carbocycles. The van der Waals surface area contributed by atoms with Crippen LogP contribution in [0.1, 0.15) is 20.3 Å². The monoisotopic (exact) mass is 426 g/mol. The highest BCUT2D eigenvalue weighted by Gasteiger charge is 2.26. The van der Waals surface area contributed by atoms with Gasteiger partial charge < -0.3 is 10.2 Å². The molecule has 0 bridgehead atoms. The number of hydrogen-bond donors (Lipinski definition) is 1. The second kappa shape index (κ2) is 8.30. The zero-order valence-corrected chi connectivity index (χ0v) is 16.6. The molecule has 2 atom stereocenters. The molecule has 9 heteroatoms. The first-order chi connectivity index (χ1) is 12.5. The predicted octanol–water partition coefficient (Wildman–Crippen LogP) is 2.18. The van der Waals surface area contributed by atoms with Gasteiger partial charge in [-0.2, -0.15) is 9.36 Å². The Bertz CT molecular complexity index is 807. The lowest BCUT2D eigenvalue weighted by Gasteiger charge is -2.37. The third-order valence-electron chi connectivity index (χ3n) is 4.89. The van der Waals surface area contributed by atoms with E-state index in [1.165, 1.54) is 15.4 Å². The van der Waals surface area contributed by atoms with Gasteiger partial charge in [-0.15, -0.1) is 0 Å². The minimum Gasteiger partial charge on any atom is -0.380 e. The maximum Gasteiger partial charge on any atom is 0.363 e. The minimum atomic E-state index is -0.243. The van der Waals surface area contributed by atoms with E-state index < -0.39 is 0 Å². The molecule has 0 amide bonds. The van der Waals surface area contributed by atoms with Gasteiger partial charge in [0.15, 0.2) is 0 Å². The first-order valence-corrected chi connectivity index (χ1v) is 9.71. The molecule has 1 aliphatic rings. The molecule has 2 heterocycles. The Morgan fingerprint density at radius 3 is 2.73 bits per heavy atom. The number of rotatable bonds is 6. The number of aryl methyl sites for hydroxylation is 1. The second-order valence-electron chi connectivity index (χ2n) is 6.74. The van der Waals surface area contributed by atoms with E-state index in [1.807, 2.05) is 13.0 Å². The summed E-state index contributed by atoms with van der Waals surface area (Å²) >= 11 is 3.28. The average molecular weight is 427 g/mol. The van der Waals surface area contributed by atoms with Crippen molar-refractivity contribution in [1.82, 2.24) is 24.7 Å². The standard InChI is InChI=1S/C17H24BrFN6O/c1-3-24-17(26)25(22-21-24)9-8-23-7-6-15(12(2)11-23)20-16-5-4-13(18)10-14(16)19/h4-5,10,12,15,20H,3,6-9,11H2,1-2H3. The number of likely N-dealkylation sites (tertiary alicyclic amines) is 1. The van der Waals surface area contributed by atoms with Crippen molar-refractivity contribution in [3.05, 3.63) is 39.0 Å². The quantitative estimate of drug-likeness (QED) is 0.766. The van der Waals surface area contributed by atoms with Crippen LogP contribution in [0.4, 0.5) is 10.1 Å². The van der Waals surface area contributed by atoms with Crippen LogP contribution >= 0.6 is 15.9 Å². The Balaban J connectivity index is 1.53. The number of anilines is 1. The van der Waals surface area contributed by atoms with E-state index in [9.17, 15) is 9.18 Å². The lowest BCUT2D eigenvalue weighted by molar-refractivity contribution is 0.164. The highest BCUT2D eigenvalue weighted by molar-refractivity contribution is 9.10. The molecule has 1 aromatic heterocycles. The van der Waals surface area contributed by atoms with Crippen LogP contribution in [0.15, 0.2) is 27.5 Å². The number of nitrogens with zero attached hydrogens (tertiary/aromatic N) is 5. The zero-order valence-electron chi connectivity index (χ0n) is 15.0. The van der Waals surface area contributed by atoms with Crippen molar-refractivity contribution >= 4 is 21.6 Å². The van der Waals surface area contributed by atoms with Crippen LogP contribution in [0.25, 0.3) is 0 Å². The van der Waals surface area contributed by atoms with Gasteiger partial charge in [-0.3, -0.25) is 0 Å². The van der Waals surface area contributed by atoms with E-state index >= 15 is 0 Å². The van der Waals surface area contributed by atoms with Gasteiger partial charge in [0.05, 0.1) is 12.2 Å². The summed E-state index contributed by atoms with van der Waals surface area (Å²) in [4.78, 5) is 14.3. The van der Waals surface area contributed by atoms with Crippen molar-refractivity contribution in [2.75, 3.05) is 25.0 Å². The number of halogens is 2. The van der Waals surface area contributed by atoms with Crippen molar-refractivity contribution in [2.24, 2.45) is 5.92 Å². The SMILES string of the molecule is CCn1nnn(CCN2CCC(Nc3ccc(Br)cc3F)C(C)C2)c1=O. The normalized spacial score (nSPS) is 21.1. The fourth-order valence-electron chi connectivity index (χ4n) is 3.34. The molecule has 0 saturated carbocycles. The molecule has 3 rings (SSSR count). The lowest BCUT2D eigenvalue weighted by atomic mass is 9.93.